The lowest BCUT2D eigenvalue weighted by Gasteiger charge is -2.03. The normalized spacial score (nSPS) is 11.1. The maximum absolute atomic E-state index is 5.80. The van der Waals surface area contributed by atoms with Crippen LogP contribution in [0.4, 0.5) is 0 Å². The van der Waals surface area contributed by atoms with Crippen LogP contribution in [0.15, 0.2) is 59.5 Å². The van der Waals surface area contributed by atoms with Gasteiger partial charge in [0.05, 0.1) is 5.75 Å². The van der Waals surface area contributed by atoms with Gasteiger partial charge in [0, 0.05) is 4.90 Å². The molecule has 0 fully saturated rings. The molecule has 0 unspecified atom stereocenters. The van der Waals surface area contributed by atoms with Crippen LogP contribution in [-0.2, 0) is 12.4 Å². The Morgan fingerprint density at radius 2 is 1.84 bits per heavy atom. The van der Waals surface area contributed by atoms with Crippen molar-refractivity contribution < 1.29 is 4.74 Å². The van der Waals surface area contributed by atoms with Crippen molar-refractivity contribution in [3.63, 3.8) is 0 Å². The first kappa shape index (κ1) is 16.1. The number of rotatable bonds is 6. The summed E-state index contributed by atoms with van der Waals surface area (Å²) in [4.78, 5) is 2.00. The lowest BCUT2D eigenvalue weighted by molar-refractivity contribution is 0.304. The molecule has 4 rings (SSSR count). The molecule has 0 saturated heterocycles. The number of aromatic nitrogens is 4. The minimum Gasteiger partial charge on any atom is -0.486 e. The van der Waals surface area contributed by atoms with Crippen LogP contribution in [0.5, 0.6) is 5.75 Å². The second-order valence-electron chi connectivity index (χ2n) is 5.51. The van der Waals surface area contributed by atoms with Gasteiger partial charge < -0.3 is 4.74 Å². The Hall–Kier alpha value is -2.38. The van der Waals surface area contributed by atoms with Crippen LogP contribution < -0.4 is 4.74 Å². The van der Waals surface area contributed by atoms with Gasteiger partial charge in [-0.1, -0.05) is 47.2 Å². The monoisotopic (exact) mass is 368 g/mol. The first-order valence-electron chi connectivity index (χ1n) is 7.85. The molecule has 0 radical (unpaired) electrons. The van der Waals surface area contributed by atoms with Crippen LogP contribution in [-0.4, -0.2) is 19.8 Å². The molecule has 0 saturated carbocycles. The molecule has 2 aromatic carbocycles. The summed E-state index contributed by atoms with van der Waals surface area (Å²) < 4.78 is 7.61. The van der Waals surface area contributed by atoms with Crippen molar-refractivity contribution in [2.75, 3.05) is 0 Å². The Bertz CT molecular complexity index is 964. The van der Waals surface area contributed by atoms with E-state index in [1.54, 1.807) is 11.8 Å². The molecule has 0 N–H and O–H groups in total. The number of nitrogens with zero attached hydrogens (tertiary/aromatic N) is 4. The predicted octanol–water partition coefficient (Wildman–Crippen LogP) is 4.37. The third-order valence-corrected chi connectivity index (χ3v) is 5.47. The van der Waals surface area contributed by atoms with Crippen molar-refractivity contribution >= 4 is 28.1 Å². The van der Waals surface area contributed by atoms with E-state index in [1.165, 1.54) is 21.8 Å². The van der Waals surface area contributed by atoms with E-state index >= 15 is 0 Å². The Labute approximate surface area is 153 Å². The van der Waals surface area contributed by atoms with E-state index in [1.807, 2.05) is 47.0 Å². The van der Waals surface area contributed by atoms with Gasteiger partial charge in [-0.2, -0.15) is 9.61 Å². The molecule has 4 aromatic rings. The maximum Gasteiger partial charge on any atom is 0.234 e. The summed E-state index contributed by atoms with van der Waals surface area (Å²) in [5.74, 6) is 2.42. The summed E-state index contributed by atoms with van der Waals surface area (Å²) in [6.45, 7) is 2.49. The molecule has 2 heterocycles. The Balaban J connectivity index is 1.43. The SMILES string of the molecule is Cc1ccc(OCc2nn3c(CSc4ccccc4)nnc3s2)cc1. The Morgan fingerprint density at radius 1 is 1.04 bits per heavy atom. The van der Waals surface area contributed by atoms with Gasteiger partial charge in [-0.3, -0.25) is 0 Å². The van der Waals surface area contributed by atoms with Crippen LogP contribution in [0.1, 0.15) is 16.4 Å². The first-order valence-corrected chi connectivity index (χ1v) is 9.65. The second-order valence-corrected chi connectivity index (χ2v) is 7.60. The van der Waals surface area contributed by atoms with Gasteiger partial charge >= 0.3 is 0 Å². The molecule has 0 bridgehead atoms. The minimum absolute atomic E-state index is 0.433. The number of benzene rings is 2. The van der Waals surface area contributed by atoms with E-state index in [9.17, 15) is 0 Å². The lowest BCUT2D eigenvalue weighted by Crippen LogP contribution is -1.98. The molecular weight excluding hydrogens is 352 g/mol. The molecule has 0 spiro atoms. The predicted molar refractivity (Wildman–Crippen MR) is 100 cm³/mol. The summed E-state index contributed by atoms with van der Waals surface area (Å²) in [6.07, 6.45) is 0. The average molecular weight is 368 g/mol. The highest BCUT2D eigenvalue weighted by Crippen LogP contribution is 2.23. The molecule has 2 aromatic heterocycles. The van der Waals surface area contributed by atoms with Gasteiger partial charge in [-0.05, 0) is 31.2 Å². The smallest absolute Gasteiger partial charge is 0.234 e. The van der Waals surface area contributed by atoms with Gasteiger partial charge in [0.2, 0.25) is 4.96 Å². The Kier molecular flexibility index (Phi) is 4.67. The van der Waals surface area contributed by atoms with Crippen molar-refractivity contribution in [1.29, 1.82) is 0 Å². The third kappa shape index (κ3) is 3.83. The molecule has 5 nitrogen and oxygen atoms in total. The van der Waals surface area contributed by atoms with Crippen LogP contribution in [0.25, 0.3) is 4.96 Å². The van der Waals surface area contributed by atoms with E-state index in [0.29, 0.717) is 6.61 Å². The summed E-state index contributed by atoms with van der Waals surface area (Å²) in [5, 5.41) is 13.9. The van der Waals surface area contributed by atoms with Crippen LogP contribution in [0.2, 0.25) is 0 Å². The zero-order valence-corrected chi connectivity index (χ0v) is 15.3. The molecular formula is C18H16N4OS2. The highest BCUT2D eigenvalue weighted by molar-refractivity contribution is 7.98. The molecule has 7 heteroatoms. The van der Waals surface area contributed by atoms with Gasteiger partial charge in [-0.15, -0.1) is 22.0 Å². The number of fused-ring (bicyclic) bond motifs is 1. The lowest BCUT2D eigenvalue weighted by atomic mass is 10.2. The van der Waals surface area contributed by atoms with Crippen LogP contribution in [0, 0.1) is 6.92 Å². The van der Waals surface area contributed by atoms with Gasteiger partial charge in [0.1, 0.15) is 12.4 Å². The number of aryl methyl sites for hydroxylation is 1. The fourth-order valence-electron chi connectivity index (χ4n) is 2.29. The maximum atomic E-state index is 5.80. The van der Waals surface area contributed by atoms with E-state index < -0.39 is 0 Å². The van der Waals surface area contributed by atoms with E-state index in [0.717, 1.165) is 27.3 Å². The van der Waals surface area contributed by atoms with E-state index in [4.69, 9.17) is 4.74 Å². The van der Waals surface area contributed by atoms with Crippen LogP contribution in [0.3, 0.4) is 0 Å². The van der Waals surface area contributed by atoms with E-state index in [2.05, 4.69) is 34.4 Å². The standard InChI is InChI=1S/C18H16N4OS2/c1-13-7-9-14(10-8-13)23-11-17-21-22-16(19-20-18(22)25-17)12-24-15-5-3-2-4-6-15/h2-10H,11-12H2,1H3. The largest absolute Gasteiger partial charge is 0.486 e. The second kappa shape index (κ2) is 7.25. The van der Waals surface area contributed by atoms with Crippen LogP contribution >= 0.6 is 23.1 Å². The number of thioether (sulfide) groups is 1. The molecule has 0 aliphatic heterocycles. The van der Waals surface area contributed by atoms with Crippen molar-refractivity contribution in [3.8, 4) is 5.75 Å². The highest BCUT2D eigenvalue weighted by Gasteiger charge is 2.12. The van der Waals surface area contributed by atoms with Gasteiger partial charge in [-0.25, -0.2) is 0 Å². The molecule has 25 heavy (non-hydrogen) atoms. The zero-order valence-electron chi connectivity index (χ0n) is 13.6. The van der Waals surface area contributed by atoms with Crippen molar-refractivity contribution in [2.45, 2.75) is 24.2 Å². The van der Waals surface area contributed by atoms with Gasteiger partial charge in [0.25, 0.3) is 0 Å². The zero-order chi connectivity index (χ0) is 17.1. The fraction of sp³-hybridized carbons (Fsp3) is 0.167. The minimum atomic E-state index is 0.433. The quantitative estimate of drug-likeness (QED) is 0.473. The van der Waals surface area contributed by atoms with E-state index in [-0.39, 0.29) is 0 Å². The average Bonchev–Trinajstić information content (AvgIpc) is 3.21. The highest BCUT2D eigenvalue weighted by atomic mass is 32.2. The van der Waals surface area contributed by atoms with Crippen molar-refractivity contribution in [3.05, 3.63) is 71.0 Å². The molecule has 0 aliphatic carbocycles. The summed E-state index contributed by atoms with van der Waals surface area (Å²) >= 11 is 3.23. The first-order chi connectivity index (χ1) is 12.3. The summed E-state index contributed by atoms with van der Waals surface area (Å²) in [7, 11) is 0. The molecule has 0 amide bonds. The summed E-state index contributed by atoms with van der Waals surface area (Å²) in [6, 6.07) is 18.3. The Morgan fingerprint density at radius 3 is 2.64 bits per heavy atom. The summed E-state index contributed by atoms with van der Waals surface area (Å²) in [5.41, 5.74) is 1.21. The number of ether oxygens (including phenoxy) is 1. The molecule has 126 valence electrons. The van der Waals surface area contributed by atoms with Crippen molar-refractivity contribution in [1.82, 2.24) is 19.8 Å². The fourth-order valence-corrected chi connectivity index (χ4v) is 3.88. The number of hydrogen-bond donors (Lipinski definition) is 0. The number of hydrogen-bond acceptors (Lipinski definition) is 6. The third-order valence-electron chi connectivity index (χ3n) is 3.59. The molecule has 0 aliphatic rings. The topological polar surface area (TPSA) is 52.3 Å². The van der Waals surface area contributed by atoms with Crippen molar-refractivity contribution in [2.24, 2.45) is 0 Å². The van der Waals surface area contributed by atoms with Gasteiger partial charge in [0.15, 0.2) is 10.8 Å². The molecule has 0 atom stereocenters.